The van der Waals surface area contributed by atoms with E-state index in [-0.39, 0.29) is 30.3 Å². The fourth-order valence-corrected chi connectivity index (χ4v) is 2.35. The Balaban J connectivity index is 1.91. The molecule has 0 aromatic heterocycles. The molecule has 6 heteroatoms. The van der Waals surface area contributed by atoms with Crippen molar-refractivity contribution in [3.8, 4) is 5.75 Å². The van der Waals surface area contributed by atoms with Crippen molar-refractivity contribution >= 4 is 5.91 Å². The monoisotopic (exact) mass is 284 g/mol. The van der Waals surface area contributed by atoms with E-state index in [4.69, 9.17) is 4.74 Å². The van der Waals surface area contributed by atoms with Gasteiger partial charge in [-0.2, -0.15) is 0 Å². The zero-order chi connectivity index (χ0) is 14.7. The van der Waals surface area contributed by atoms with Gasteiger partial charge in [0.25, 0.3) is 5.91 Å². The van der Waals surface area contributed by atoms with E-state index in [0.29, 0.717) is 13.1 Å². The molecule has 0 bridgehead atoms. The van der Waals surface area contributed by atoms with E-state index in [0.717, 1.165) is 12.1 Å². The Hall–Kier alpha value is -1.69. The maximum Gasteiger partial charge on any atom is 0.260 e. The number of benzene rings is 1. The highest BCUT2D eigenvalue weighted by atomic mass is 19.1. The van der Waals surface area contributed by atoms with Gasteiger partial charge in [-0.25, -0.2) is 8.78 Å². The first-order valence-corrected chi connectivity index (χ1v) is 6.57. The quantitative estimate of drug-likeness (QED) is 0.915. The van der Waals surface area contributed by atoms with Crippen LogP contribution in [-0.2, 0) is 4.79 Å². The van der Waals surface area contributed by atoms with E-state index in [1.807, 2.05) is 13.8 Å². The van der Waals surface area contributed by atoms with Crippen LogP contribution in [0.1, 0.15) is 13.8 Å². The molecule has 0 spiro atoms. The third-order valence-corrected chi connectivity index (χ3v) is 3.16. The van der Waals surface area contributed by atoms with Crippen molar-refractivity contribution in [3.63, 3.8) is 0 Å². The van der Waals surface area contributed by atoms with Crippen molar-refractivity contribution in [2.24, 2.45) is 0 Å². The van der Waals surface area contributed by atoms with Crippen molar-refractivity contribution in [1.82, 2.24) is 10.2 Å². The first-order chi connectivity index (χ1) is 9.45. The first-order valence-electron chi connectivity index (χ1n) is 6.57. The molecule has 110 valence electrons. The van der Waals surface area contributed by atoms with Gasteiger partial charge in [-0.3, -0.25) is 4.79 Å². The summed E-state index contributed by atoms with van der Waals surface area (Å²) in [5.74, 6) is -1.80. The van der Waals surface area contributed by atoms with E-state index in [1.54, 1.807) is 4.90 Å². The van der Waals surface area contributed by atoms with Crippen LogP contribution in [0.25, 0.3) is 0 Å². The lowest BCUT2D eigenvalue weighted by Crippen LogP contribution is -2.56. The molecular formula is C14H18F2N2O2. The molecule has 1 aliphatic rings. The van der Waals surface area contributed by atoms with Crippen molar-refractivity contribution in [1.29, 1.82) is 0 Å². The third kappa shape index (κ3) is 3.66. The minimum Gasteiger partial charge on any atom is -0.481 e. The normalized spacial score (nSPS) is 22.7. The van der Waals surface area contributed by atoms with Crippen molar-refractivity contribution in [2.75, 3.05) is 19.7 Å². The first kappa shape index (κ1) is 14.7. The predicted molar refractivity (Wildman–Crippen MR) is 70.5 cm³/mol. The van der Waals surface area contributed by atoms with Gasteiger partial charge in [0.1, 0.15) is 5.82 Å². The van der Waals surface area contributed by atoms with Gasteiger partial charge >= 0.3 is 0 Å². The maximum atomic E-state index is 13.4. The molecule has 1 fully saturated rings. The van der Waals surface area contributed by atoms with Crippen molar-refractivity contribution in [2.45, 2.75) is 25.9 Å². The number of ether oxygens (including phenoxy) is 1. The third-order valence-electron chi connectivity index (χ3n) is 3.16. The highest BCUT2D eigenvalue weighted by Crippen LogP contribution is 2.17. The van der Waals surface area contributed by atoms with E-state index < -0.39 is 11.6 Å². The molecular weight excluding hydrogens is 266 g/mol. The Kier molecular flexibility index (Phi) is 4.54. The number of carbonyl (C=O) groups excluding carboxylic acids is 1. The van der Waals surface area contributed by atoms with Gasteiger partial charge in [0, 0.05) is 31.2 Å². The second-order valence-corrected chi connectivity index (χ2v) is 5.13. The molecule has 2 atom stereocenters. The minimum atomic E-state index is -0.806. The molecule has 1 heterocycles. The average molecular weight is 284 g/mol. The maximum absolute atomic E-state index is 13.4. The van der Waals surface area contributed by atoms with Gasteiger partial charge in [0.05, 0.1) is 0 Å². The molecule has 20 heavy (non-hydrogen) atoms. The molecule has 0 unspecified atom stereocenters. The SMILES string of the molecule is C[C@@H]1CN(C(=O)COc2ccc(F)cc2F)C[C@H](C)N1. The van der Waals surface area contributed by atoms with Crippen LogP contribution in [0, 0.1) is 11.6 Å². The van der Waals surface area contributed by atoms with Crippen LogP contribution in [-0.4, -0.2) is 42.6 Å². The lowest BCUT2D eigenvalue weighted by molar-refractivity contribution is -0.135. The Morgan fingerprint density at radius 2 is 2.00 bits per heavy atom. The Labute approximate surface area is 116 Å². The van der Waals surface area contributed by atoms with E-state index >= 15 is 0 Å². The summed E-state index contributed by atoms with van der Waals surface area (Å²) in [5.41, 5.74) is 0. The number of rotatable bonds is 3. The molecule has 1 aromatic rings. The summed E-state index contributed by atoms with van der Waals surface area (Å²) in [6.07, 6.45) is 0. The lowest BCUT2D eigenvalue weighted by atomic mass is 10.1. The zero-order valence-corrected chi connectivity index (χ0v) is 11.5. The average Bonchev–Trinajstić information content (AvgIpc) is 2.36. The van der Waals surface area contributed by atoms with E-state index in [1.165, 1.54) is 6.07 Å². The number of piperazine rings is 1. The van der Waals surface area contributed by atoms with Crippen LogP contribution in [0.3, 0.4) is 0 Å². The van der Waals surface area contributed by atoms with Gasteiger partial charge < -0.3 is 15.0 Å². The molecule has 0 radical (unpaired) electrons. The summed E-state index contributed by atoms with van der Waals surface area (Å²) in [5, 5.41) is 3.32. The Morgan fingerprint density at radius 3 is 2.60 bits per heavy atom. The number of amides is 1. The summed E-state index contributed by atoms with van der Waals surface area (Å²) in [6.45, 7) is 4.94. The summed E-state index contributed by atoms with van der Waals surface area (Å²) < 4.78 is 31.2. The van der Waals surface area contributed by atoms with Crippen LogP contribution in [0.2, 0.25) is 0 Å². The second kappa shape index (κ2) is 6.17. The van der Waals surface area contributed by atoms with E-state index in [2.05, 4.69) is 5.32 Å². The molecule has 1 aromatic carbocycles. The number of halogens is 2. The number of carbonyl (C=O) groups is 1. The Bertz CT molecular complexity index is 486. The number of nitrogens with one attached hydrogen (secondary N) is 1. The Morgan fingerprint density at radius 1 is 1.35 bits per heavy atom. The van der Waals surface area contributed by atoms with E-state index in [9.17, 15) is 13.6 Å². The number of nitrogens with zero attached hydrogens (tertiary/aromatic N) is 1. The predicted octanol–water partition coefficient (Wildman–Crippen LogP) is 1.55. The van der Waals surface area contributed by atoms with Crippen LogP contribution in [0.15, 0.2) is 18.2 Å². The van der Waals surface area contributed by atoms with Gasteiger partial charge in [-0.1, -0.05) is 0 Å². The van der Waals surface area contributed by atoms with Gasteiger partial charge in [0.2, 0.25) is 0 Å². The molecule has 1 saturated heterocycles. The number of hydrogen-bond acceptors (Lipinski definition) is 3. The molecule has 2 rings (SSSR count). The second-order valence-electron chi connectivity index (χ2n) is 5.13. The van der Waals surface area contributed by atoms with Crippen molar-refractivity contribution in [3.05, 3.63) is 29.8 Å². The van der Waals surface area contributed by atoms with Crippen molar-refractivity contribution < 1.29 is 18.3 Å². The fourth-order valence-electron chi connectivity index (χ4n) is 2.35. The van der Waals surface area contributed by atoms with Gasteiger partial charge in [-0.05, 0) is 26.0 Å². The molecule has 4 nitrogen and oxygen atoms in total. The van der Waals surface area contributed by atoms with Crippen LogP contribution < -0.4 is 10.1 Å². The minimum absolute atomic E-state index is 0.115. The smallest absolute Gasteiger partial charge is 0.260 e. The number of hydrogen-bond donors (Lipinski definition) is 1. The summed E-state index contributed by atoms with van der Waals surface area (Å²) in [7, 11) is 0. The van der Waals surface area contributed by atoms with Crippen LogP contribution in [0.4, 0.5) is 8.78 Å². The molecule has 0 aliphatic carbocycles. The summed E-state index contributed by atoms with van der Waals surface area (Å²) in [4.78, 5) is 13.7. The largest absolute Gasteiger partial charge is 0.481 e. The van der Waals surface area contributed by atoms with Gasteiger partial charge in [-0.15, -0.1) is 0 Å². The van der Waals surface area contributed by atoms with Crippen LogP contribution in [0.5, 0.6) is 5.75 Å². The summed E-state index contributed by atoms with van der Waals surface area (Å²) >= 11 is 0. The topological polar surface area (TPSA) is 41.6 Å². The van der Waals surface area contributed by atoms with Gasteiger partial charge in [0.15, 0.2) is 18.2 Å². The standard InChI is InChI=1S/C14H18F2N2O2/c1-9-6-18(7-10(2)17-9)14(19)8-20-13-4-3-11(15)5-12(13)16/h3-5,9-10,17H,6-8H2,1-2H3/t9-,10+. The zero-order valence-electron chi connectivity index (χ0n) is 11.5. The molecule has 1 aliphatic heterocycles. The fraction of sp³-hybridized carbons (Fsp3) is 0.500. The summed E-state index contributed by atoms with van der Waals surface area (Å²) in [6, 6.07) is 3.43. The highest BCUT2D eigenvalue weighted by Gasteiger charge is 2.25. The lowest BCUT2D eigenvalue weighted by Gasteiger charge is -2.36. The molecule has 1 N–H and O–H groups in total. The molecule has 0 saturated carbocycles. The highest BCUT2D eigenvalue weighted by molar-refractivity contribution is 5.78. The van der Waals surface area contributed by atoms with Crippen LogP contribution >= 0.6 is 0 Å². The molecule has 1 amide bonds.